The first-order valence-corrected chi connectivity index (χ1v) is 8.77. The number of fused-ring (bicyclic) bond motifs is 1. The summed E-state index contributed by atoms with van der Waals surface area (Å²) in [6.07, 6.45) is 2.77. The minimum atomic E-state index is -0.500. The third kappa shape index (κ3) is 5.21. The number of nitro benzene ring substituents is 1. The standard InChI is InChI=1S/C19H17ClN2O6/c20-15-2-4-17(5-3-15)27-8-7-21-18(23)6-1-13-9-16(22(24)25)10-14-11-26-12-28-19(13)14/h1-6,9-10H,7-8,11-12H2,(H,21,23)/b6-1+. The number of nitro groups is 1. The van der Waals surface area contributed by atoms with Crippen LogP contribution in [-0.2, 0) is 16.1 Å². The van der Waals surface area contributed by atoms with Crippen molar-refractivity contribution >= 4 is 29.3 Å². The van der Waals surface area contributed by atoms with Crippen molar-refractivity contribution < 1.29 is 23.9 Å². The Bertz CT molecular complexity index is 898. The Kier molecular flexibility index (Phi) is 6.46. The molecule has 0 atom stereocenters. The number of ether oxygens (including phenoxy) is 3. The zero-order valence-corrected chi connectivity index (χ0v) is 15.5. The van der Waals surface area contributed by atoms with Crippen LogP contribution in [-0.4, -0.2) is 30.8 Å². The SMILES string of the molecule is O=C(/C=C/c1cc([N+](=O)[O-])cc2c1OCOC2)NCCOc1ccc(Cl)cc1. The van der Waals surface area contributed by atoms with Crippen molar-refractivity contribution in [2.45, 2.75) is 6.61 Å². The minimum Gasteiger partial charge on any atom is -0.492 e. The minimum absolute atomic E-state index is 0.0554. The molecule has 0 radical (unpaired) electrons. The maximum absolute atomic E-state index is 12.0. The van der Waals surface area contributed by atoms with Gasteiger partial charge in [0.05, 0.1) is 18.1 Å². The number of amides is 1. The molecule has 2 aromatic rings. The molecule has 1 N–H and O–H groups in total. The number of halogens is 1. The lowest BCUT2D eigenvalue weighted by Gasteiger charge is -2.19. The maximum atomic E-state index is 12.0. The van der Waals surface area contributed by atoms with Gasteiger partial charge in [0.2, 0.25) is 5.91 Å². The zero-order valence-electron chi connectivity index (χ0n) is 14.7. The second-order valence-electron chi connectivity index (χ2n) is 5.82. The van der Waals surface area contributed by atoms with Crippen LogP contribution in [0.15, 0.2) is 42.5 Å². The van der Waals surface area contributed by atoms with Crippen LogP contribution in [0.1, 0.15) is 11.1 Å². The lowest BCUT2D eigenvalue weighted by molar-refractivity contribution is -0.385. The second kappa shape index (κ2) is 9.20. The molecule has 0 saturated heterocycles. The van der Waals surface area contributed by atoms with Crippen molar-refractivity contribution in [3.05, 3.63) is 68.7 Å². The third-order valence-corrected chi connectivity index (χ3v) is 4.08. The van der Waals surface area contributed by atoms with Gasteiger partial charge in [-0.25, -0.2) is 0 Å². The van der Waals surface area contributed by atoms with E-state index in [0.717, 1.165) is 0 Å². The van der Waals surface area contributed by atoms with Crippen LogP contribution in [0.5, 0.6) is 11.5 Å². The van der Waals surface area contributed by atoms with Gasteiger partial charge < -0.3 is 19.5 Å². The zero-order chi connectivity index (χ0) is 19.9. The fraction of sp³-hybridized carbons (Fsp3) is 0.211. The first-order chi connectivity index (χ1) is 13.5. The van der Waals surface area contributed by atoms with Crippen LogP contribution >= 0.6 is 11.6 Å². The first kappa shape index (κ1) is 19.7. The van der Waals surface area contributed by atoms with Crippen LogP contribution in [0.25, 0.3) is 6.08 Å². The van der Waals surface area contributed by atoms with Crippen LogP contribution in [0.2, 0.25) is 5.02 Å². The molecule has 0 saturated carbocycles. The van der Waals surface area contributed by atoms with E-state index >= 15 is 0 Å². The molecule has 1 aliphatic rings. The summed E-state index contributed by atoms with van der Waals surface area (Å²) in [6, 6.07) is 9.66. The predicted molar refractivity (Wildman–Crippen MR) is 102 cm³/mol. The van der Waals surface area contributed by atoms with Gasteiger partial charge in [0.15, 0.2) is 6.79 Å². The normalized spacial score (nSPS) is 12.9. The number of carbonyl (C=O) groups is 1. The van der Waals surface area contributed by atoms with Gasteiger partial charge in [-0.15, -0.1) is 0 Å². The summed E-state index contributed by atoms with van der Waals surface area (Å²) in [6.45, 7) is 0.850. The Labute approximate surface area is 165 Å². The second-order valence-corrected chi connectivity index (χ2v) is 6.25. The molecule has 1 aliphatic heterocycles. The highest BCUT2D eigenvalue weighted by Gasteiger charge is 2.19. The Hall–Kier alpha value is -3.10. The van der Waals surface area contributed by atoms with E-state index in [1.807, 2.05) is 0 Å². The van der Waals surface area contributed by atoms with Gasteiger partial charge in [-0.1, -0.05) is 11.6 Å². The van der Waals surface area contributed by atoms with E-state index in [9.17, 15) is 14.9 Å². The highest BCUT2D eigenvalue weighted by atomic mass is 35.5. The van der Waals surface area contributed by atoms with E-state index in [1.54, 1.807) is 24.3 Å². The Balaban J connectivity index is 1.57. The van der Waals surface area contributed by atoms with E-state index in [1.165, 1.54) is 24.3 Å². The topological polar surface area (TPSA) is 99.9 Å². The van der Waals surface area contributed by atoms with E-state index in [-0.39, 0.29) is 31.6 Å². The van der Waals surface area contributed by atoms with Gasteiger partial charge in [0.25, 0.3) is 5.69 Å². The average Bonchev–Trinajstić information content (AvgIpc) is 2.70. The maximum Gasteiger partial charge on any atom is 0.270 e. The summed E-state index contributed by atoms with van der Waals surface area (Å²) in [5.74, 6) is 0.774. The summed E-state index contributed by atoms with van der Waals surface area (Å²) in [5.41, 5.74) is 0.918. The van der Waals surface area contributed by atoms with Crippen molar-refractivity contribution in [1.82, 2.24) is 5.32 Å². The number of nitrogens with zero attached hydrogens (tertiary/aromatic N) is 1. The highest BCUT2D eigenvalue weighted by Crippen LogP contribution is 2.33. The van der Waals surface area contributed by atoms with Gasteiger partial charge in [-0.2, -0.15) is 0 Å². The number of non-ortho nitro benzene ring substituents is 1. The Morgan fingerprint density at radius 3 is 2.86 bits per heavy atom. The van der Waals surface area contributed by atoms with Crippen molar-refractivity contribution in [3.8, 4) is 11.5 Å². The van der Waals surface area contributed by atoms with Gasteiger partial charge in [-0.05, 0) is 30.3 Å². The predicted octanol–water partition coefficient (Wildman–Crippen LogP) is 3.32. The third-order valence-electron chi connectivity index (χ3n) is 3.83. The quantitative estimate of drug-likeness (QED) is 0.329. The monoisotopic (exact) mass is 404 g/mol. The van der Waals surface area contributed by atoms with Gasteiger partial charge in [0, 0.05) is 34.4 Å². The van der Waals surface area contributed by atoms with Crippen LogP contribution in [0, 0.1) is 10.1 Å². The van der Waals surface area contributed by atoms with Crippen molar-refractivity contribution in [1.29, 1.82) is 0 Å². The molecule has 9 heteroatoms. The molecule has 146 valence electrons. The lowest BCUT2D eigenvalue weighted by atomic mass is 10.1. The van der Waals surface area contributed by atoms with Gasteiger partial charge >= 0.3 is 0 Å². The summed E-state index contributed by atoms with van der Waals surface area (Å²) >= 11 is 5.80. The van der Waals surface area contributed by atoms with E-state index in [4.69, 9.17) is 25.8 Å². The first-order valence-electron chi connectivity index (χ1n) is 8.39. The Morgan fingerprint density at radius 1 is 1.32 bits per heavy atom. The number of benzene rings is 2. The molecule has 2 aromatic carbocycles. The van der Waals surface area contributed by atoms with Crippen LogP contribution in [0.3, 0.4) is 0 Å². The molecule has 8 nitrogen and oxygen atoms in total. The lowest BCUT2D eigenvalue weighted by Crippen LogP contribution is -2.26. The molecule has 1 heterocycles. The van der Waals surface area contributed by atoms with Crippen molar-refractivity contribution in [2.24, 2.45) is 0 Å². The number of carbonyl (C=O) groups excluding carboxylic acids is 1. The molecule has 0 unspecified atom stereocenters. The summed E-state index contributed by atoms with van der Waals surface area (Å²) in [4.78, 5) is 22.6. The Morgan fingerprint density at radius 2 is 2.11 bits per heavy atom. The molecule has 0 bridgehead atoms. The summed E-state index contributed by atoms with van der Waals surface area (Å²) in [5, 5.41) is 14.4. The number of rotatable bonds is 7. The molecule has 28 heavy (non-hydrogen) atoms. The summed E-state index contributed by atoms with van der Waals surface area (Å²) in [7, 11) is 0. The number of nitrogens with one attached hydrogen (secondary N) is 1. The fourth-order valence-corrected chi connectivity index (χ4v) is 2.68. The van der Waals surface area contributed by atoms with E-state index in [2.05, 4.69) is 5.32 Å². The largest absolute Gasteiger partial charge is 0.492 e. The van der Waals surface area contributed by atoms with E-state index < -0.39 is 4.92 Å². The molecular weight excluding hydrogens is 388 g/mol. The molecule has 0 fully saturated rings. The van der Waals surface area contributed by atoms with Gasteiger partial charge in [0.1, 0.15) is 18.1 Å². The molecule has 0 aromatic heterocycles. The number of hydrogen-bond acceptors (Lipinski definition) is 6. The van der Waals surface area contributed by atoms with Crippen molar-refractivity contribution in [2.75, 3.05) is 19.9 Å². The van der Waals surface area contributed by atoms with Crippen LogP contribution < -0.4 is 14.8 Å². The van der Waals surface area contributed by atoms with Gasteiger partial charge in [-0.3, -0.25) is 14.9 Å². The highest BCUT2D eigenvalue weighted by molar-refractivity contribution is 6.30. The van der Waals surface area contributed by atoms with Crippen molar-refractivity contribution in [3.63, 3.8) is 0 Å². The molecule has 3 rings (SSSR count). The summed E-state index contributed by atoms with van der Waals surface area (Å²) < 4.78 is 16.1. The average molecular weight is 405 g/mol. The number of hydrogen-bond donors (Lipinski definition) is 1. The smallest absolute Gasteiger partial charge is 0.270 e. The molecule has 1 amide bonds. The van der Waals surface area contributed by atoms with Crippen LogP contribution in [0.4, 0.5) is 5.69 Å². The molecule has 0 aliphatic carbocycles. The van der Waals surface area contributed by atoms with E-state index in [0.29, 0.717) is 34.2 Å². The molecular formula is C19H17ClN2O6. The molecule has 0 spiro atoms. The fourth-order valence-electron chi connectivity index (χ4n) is 2.56.